The van der Waals surface area contributed by atoms with E-state index in [1.165, 1.54) is 4.90 Å². The molecule has 1 rings (SSSR count). The Labute approximate surface area is 121 Å². The van der Waals surface area contributed by atoms with Crippen LogP contribution in [0.3, 0.4) is 0 Å². The molecular formula is C12H20N2O7. The molecule has 0 saturated carbocycles. The Kier molecular flexibility index (Phi) is 6.38. The first-order chi connectivity index (χ1) is 9.88. The average molecular weight is 304 g/mol. The lowest BCUT2D eigenvalue weighted by molar-refractivity contribution is -0.147. The Morgan fingerprint density at radius 1 is 1.48 bits per heavy atom. The summed E-state index contributed by atoms with van der Waals surface area (Å²) in [6, 6.07) is -2.26. The molecule has 0 aromatic carbocycles. The van der Waals surface area contributed by atoms with Gasteiger partial charge in [-0.1, -0.05) is 0 Å². The van der Waals surface area contributed by atoms with Crippen molar-refractivity contribution in [3.8, 4) is 0 Å². The van der Waals surface area contributed by atoms with Gasteiger partial charge < -0.3 is 29.9 Å². The minimum absolute atomic E-state index is 0.147. The van der Waals surface area contributed by atoms with Gasteiger partial charge in [-0.05, 0) is 6.92 Å². The Morgan fingerprint density at radius 2 is 2.14 bits per heavy atom. The van der Waals surface area contributed by atoms with Crippen molar-refractivity contribution < 1.29 is 34.1 Å². The van der Waals surface area contributed by atoms with E-state index in [0.29, 0.717) is 0 Å². The van der Waals surface area contributed by atoms with Crippen LogP contribution in [-0.4, -0.2) is 78.1 Å². The summed E-state index contributed by atoms with van der Waals surface area (Å²) in [5.41, 5.74) is 0. The summed E-state index contributed by atoms with van der Waals surface area (Å²) < 4.78 is 9.69. The van der Waals surface area contributed by atoms with E-state index in [-0.39, 0.29) is 25.8 Å². The van der Waals surface area contributed by atoms with Crippen LogP contribution in [0, 0.1) is 0 Å². The number of amides is 2. The van der Waals surface area contributed by atoms with Crippen molar-refractivity contribution in [2.75, 3.05) is 26.9 Å². The number of carboxylic acids is 1. The third-order valence-electron chi connectivity index (χ3n) is 3.16. The molecule has 0 aliphatic carbocycles. The quantitative estimate of drug-likeness (QED) is 0.544. The number of methoxy groups -OCH3 is 1. The maximum absolute atomic E-state index is 12.1. The van der Waals surface area contributed by atoms with Crippen LogP contribution in [0.15, 0.2) is 0 Å². The number of aliphatic carboxylic acids is 1. The summed E-state index contributed by atoms with van der Waals surface area (Å²) in [6.45, 7) is 1.89. The van der Waals surface area contributed by atoms with E-state index < -0.39 is 36.5 Å². The van der Waals surface area contributed by atoms with Crippen molar-refractivity contribution >= 4 is 18.0 Å². The van der Waals surface area contributed by atoms with Crippen molar-refractivity contribution in [3.05, 3.63) is 0 Å². The number of urea groups is 1. The molecule has 9 heteroatoms. The Morgan fingerprint density at radius 3 is 2.67 bits per heavy atom. The second kappa shape index (κ2) is 7.79. The summed E-state index contributed by atoms with van der Waals surface area (Å²) >= 11 is 0. The number of carbonyl (C=O) groups is 3. The van der Waals surface area contributed by atoms with Crippen molar-refractivity contribution in [1.82, 2.24) is 10.2 Å². The molecule has 120 valence electrons. The zero-order valence-electron chi connectivity index (χ0n) is 11.9. The highest BCUT2D eigenvalue weighted by molar-refractivity contribution is 5.86. The minimum atomic E-state index is -1.37. The molecule has 1 aliphatic rings. The molecule has 2 amide bonds. The fourth-order valence-corrected chi connectivity index (χ4v) is 1.89. The van der Waals surface area contributed by atoms with Crippen LogP contribution in [0.5, 0.6) is 0 Å². The van der Waals surface area contributed by atoms with Crippen LogP contribution in [0.4, 0.5) is 4.79 Å². The van der Waals surface area contributed by atoms with Gasteiger partial charge in [0.05, 0.1) is 45.4 Å². The number of aliphatic hydroxyl groups is 1. The highest BCUT2D eigenvalue weighted by Gasteiger charge is 2.32. The van der Waals surface area contributed by atoms with Gasteiger partial charge in [0.2, 0.25) is 0 Å². The van der Waals surface area contributed by atoms with Crippen LogP contribution in [0.25, 0.3) is 0 Å². The number of morpholine rings is 1. The van der Waals surface area contributed by atoms with Gasteiger partial charge in [-0.2, -0.15) is 0 Å². The molecule has 2 unspecified atom stereocenters. The van der Waals surface area contributed by atoms with E-state index in [9.17, 15) is 14.4 Å². The van der Waals surface area contributed by atoms with Crippen LogP contribution in [-0.2, 0) is 19.1 Å². The number of nitrogens with one attached hydrogen (secondary N) is 1. The Bertz CT molecular complexity index is 401. The summed E-state index contributed by atoms with van der Waals surface area (Å²) in [5, 5.41) is 20.4. The first-order valence-corrected chi connectivity index (χ1v) is 6.48. The number of hydrogen-bond acceptors (Lipinski definition) is 6. The van der Waals surface area contributed by atoms with Crippen LogP contribution >= 0.6 is 0 Å². The van der Waals surface area contributed by atoms with Crippen LogP contribution in [0.1, 0.15) is 13.3 Å². The van der Waals surface area contributed by atoms with E-state index in [0.717, 1.165) is 7.11 Å². The lowest BCUT2D eigenvalue weighted by Crippen LogP contribution is -2.57. The zero-order chi connectivity index (χ0) is 16.0. The molecule has 3 atom stereocenters. The summed E-state index contributed by atoms with van der Waals surface area (Å²) in [5.74, 6) is -2.06. The molecule has 1 saturated heterocycles. The number of ether oxygens (including phenoxy) is 2. The fraction of sp³-hybridized carbons (Fsp3) is 0.750. The number of esters is 1. The molecule has 0 bridgehead atoms. The van der Waals surface area contributed by atoms with Crippen molar-refractivity contribution in [2.45, 2.75) is 31.5 Å². The van der Waals surface area contributed by atoms with Crippen molar-refractivity contribution in [2.24, 2.45) is 0 Å². The van der Waals surface area contributed by atoms with E-state index in [1.54, 1.807) is 6.92 Å². The Hall–Kier alpha value is -1.87. The van der Waals surface area contributed by atoms with Gasteiger partial charge in [-0.15, -0.1) is 0 Å². The normalized spacial score (nSPS) is 23.3. The summed E-state index contributed by atoms with van der Waals surface area (Å²) in [7, 11) is 1.14. The predicted octanol–water partition coefficient (Wildman–Crippen LogP) is -1.21. The van der Waals surface area contributed by atoms with Gasteiger partial charge in [0.25, 0.3) is 0 Å². The Balaban J connectivity index is 2.67. The molecule has 0 aromatic rings. The number of nitrogens with zero attached hydrogens (tertiary/aromatic N) is 1. The number of carbonyl (C=O) groups excluding carboxylic acids is 2. The lowest BCUT2D eigenvalue weighted by atomic mass is 10.2. The zero-order valence-corrected chi connectivity index (χ0v) is 11.9. The third kappa shape index (κ3) is 4.87. The van der Waals surface area contributed by atoms with Crippen molar-refractivity contribution in [1.29, 1.82) is 0 Å². The molecular weight excluding hydrogens is 284 g/mol. The standard InChI is InChI=1S/C12H20N2O7/c1-7-6-21-8(5-15)4-14(7)12(19)13-9(11(17)18)3-10(16)20-2/h7-9,15H,3-6H2,1-2H3,(H,13,19)(H,17,18)/t7?,8?,9-/m0/s1. The van der Waals surface area contributed by atoms with E-state index in [1.807, 2.05) is 0 Å². The maximum Gasteiger partial charge on any atom is 0.326 e. The van der Waals surface area contributed by atoms with Gasteiger partial charge in [0.1, 0.15) is 6.04 Å². The van der Waals surface area contributed by atoms with Crippen molar-refractivity contribution in [3.63, 3.8) is 0 Å². The molecule has 1 aliphatic heterocycles. The third-order valence-corrected chi connectivity index (χ3v) is 3.16. The largest absolute Gasteiger partial charge is 0.480 e. The average Bonchev–Trinajstić information content (AvgIpc) is 2.46. The predicted molar refractivity (Wildman–Crippen MR) is 69.6 cm³/mol. The maximum atomic E-state index is 12.1. The van der Waals surface area contributed by atoms with Gasteiger partial charge in [0.15, 0.2) is 0 Å². The summed E-state index contributed by atoms with van der Waals surface area (Å²) in [4.78, 5) is 35.7. The number of carboxylic acid groups (broad SMARTS) is 1. The summed E-state index contributed by atoms with van der Waals surface area (Å²) in [6.07, 6.45) is -0.962. The molecule has 3 N–H and O–H groups in total. The molecule has 0 radical (unpaired) electrons. The number of hydrogen-bond donors (Lipinski definition) is 3. The monoisotopic (exact) mass is 304 g/mol. The van der Waals surface area contributed by atoms with Crippen LogP contribution in [0.2, 0.25) is 0 Å². The highest BCUT2D eigenvalue weighted by atomic mass is 16.5. The second-order valence-electron chi connectivity index (χ2n) is 4.76. The topological polar surface area (TPSA) is 125 Å². The van der Waals surface area contributed by atoms with Gasteiger partial charge in [-0.3, -0.25) is 4.79 Å². The van der Waals surface area contributed by atoms with Gasteiger partial charge >= 0.3 is 18.0 Å². The van der Waals surface area contributed by atoms with E-state index in [4.69, 9.17) is 14.9 Å². The molecule has 1 fully saturated rings. The fourth-order valence-electron chi connectivity index (χ4n) is 1.89. The van der Waals surface area contributed by atoms with E-state index in [2.05, 4.69) is 10.1 Å². The molecule has 0 aromatic heterocycles. The van der Waals surface area contributed by atoms with Crippen LogP contribution < -0.4 is 5.32 Å². The molecule has 21 heavy (non-hydrogen) atoms. The SMILES string of the molecule is COC(=O)C[C@H](NC(=O)N1CC(CO)OCC1C)C(=O)O. The van der Waals surface area contributed by atoms with E-state index >= 15 is 0 Å². The molecule has 1 heterocycles. The lowest BCUT2D eigenvalue weighted by Gasteiger charge is -2.37. The number of aliphatic hydroxyl groups excluding tert-OH is 1. The van der Waals surface area contributed by atoms with Gasteiger partial charge in [-0.25, -0.2) is 9.59 Å². The first kappa shape index (κ1) is 17.2. The first-order valence-electron chi connectivity index (χ1n) is 6.48. The minimum Gasteiger partial charge on any atom is -0.480 e. The van der Waals surface area contributed by atoms with Gasteiger partial charge in [0, 0.05) is 0 Å². The highest BCUT2D eigenvalue weighted by Crippen LogP contribution is 2.12. The second-order valence-corrected chi connectivity index (χ2v) is 4.76. The number of rotatable bonds is 5. The molecule has 0 spiro atoms. The smallest absolute Gasteiger partial charge is 0.326 e. The molecule has 9 nitrogen and oxygen atoms in total.